The summed E-state index contributed by atoms with van der Waals surface area (Å²) < 4.78 is 7.94. The van der Waals surface area contributed by atoms with E-state index in [1.165, 1.54) is 6.42 Å². The van der Waals surface area contributed by atoms with Crippen molar-refractivity contribution >= 4 is 23.2 Å². The predicted octanol–water partition coefficient (Wildman–Crippen LogP) is 3.37. The molecule has 6 nitrogen and oxygen atoms in total. The van der Waals surface area contributed by atoms with Crippen LogP contribution in [-0.2, 0) is 11.2 Å². The van der Waals surface area contributed by atoms with E-state index in [-0.39, 0.29) is 5.91 Å². The molecule has 1 fully saturated rings. The summed E-state index contributed by atoms with van der Waals surface area (Å²) in [7, 11) is 0. The molecule has 138 valence electrons. The van der Waals surface area contributed by atoms with Crippen molar-refractivity contribution in [1.29, 1.82) is 0 Å². The highest BCUT2D eigenvalue weighted by Gasteiger charge is 2.35. The fraction of sp³-hybridized carbons (Fsp3) is 0.350. The third kappa shape index (κ3) is 2.84. The molecule has 3 aromatic rings. The molecule has 7 heteroatoms. The van der Waals surface area contributed by atoms with Gasteiger partial charge in [-0.15, -0.1) is 0 Å². The van der Waals surface area contributed by atoms with Crippen LogP contribution < -0.4 is 4.74 Å². The lowest BCUT2D eigenvalue weighted by molar-refractivity contribution is -0.138. The van der Waals surface area contributed by atoms with Crippen molar-refractivity contribution in [2.45, 2.75) is 31.8 Å². The van der Waals surface area contributed by atoms with Gasteiger partial charge < -0.3 is 9.64 Å². The zero-order valence-corrected chi connectivity index (χ0v) is 15.5. The standard InChI is InChI=1S/C20H19ClN4O2/c21-14-10-13-11-17(20(26)24-8-2-1-3-9-24)27-19(13)15(12-14)16-4-6-22-18-5-7-23-25(16)18/h4-7,10,12,17H,1-3,8-9,11H2. The Morgan fingerprint density at radius 1 is 1.15 bits per heavy atom. The quantitative estimate of drug-likeness (QED) is 0.681. The van der Waals surface area contributed by atoms with Crippen LogP contribution in [-0.4, -0.2) is 44.6 Å². The second-order valence-electron chi connectivity index (χ2n) is 7.07. The van der Waals surface area contributed by atoms with Crippen molar-refractivity contribution in [3.63, 3.8) is 0 Å². The molecule has 0 bridgehead atoms. The Labute approximate surface area is 161 Å². The van der Waals surface area contributed by atoms with Gasteiger partial charge in [0, 0.05) is 47.9 Å². The molecular weight excluding hydrogens is 364 g/mol. The van der Waals surface area contributed by atoms with Gasteiger partial charge in [0.2, 0.25) is 0 Å². The largest absolute Gasteiger partial charge is 0.479 e. The zero-order valence-electron chi connectivity index (χ0n) is 14.8. The number of amides is 1. The third-order valence-electron chi connectivity index (χ3n) is 5.31. The number of aromatic nitrogens is 3. The normalized spacial score (nSPS) is 19.1. The Hall–Kier alpha value is -2.60. The lowest BCUT2D eigenvalue weighted by Gasteiger charge is -2.28. The van der Waals surface area contributed by atoms with E-state index in [4.69, 9.17) is 16.3 Å². The number of piperidine rings is 1. The van der Waals surface area contributed by atoms with Crippen molar-refractivity contribution in [3.05, 3.63) is 47.2 Å². The maximum atomic E-state index is 12.9. The first-order valence-corrected chi connectivity index (χ1v) is 9.65. The van der Waals surface area contributed by atoms with Crippen LogP contribution >= 0.6 is 11.6 Å². The van der Waals surface area contributed by atoms with Gasteiger partial charge in [0.1, 0.15) is 5.75 Å². The number of rotatable bonds is 2. The first-order valence-electron chi connectivity index (χ1n) is 9.28. The van der Waals surface area contributed by atoms with Crippen LogP contribution in [0.25, 0.3) is 16.9 Å². The summed E-state index contributed by atoms with van der Waals surface area (Å²) in [6.45, 7) is 1.64. The molecule has 0 N–H and O–H groups in total. The van der Waals surface area contributed by atoms with Crippen LogP contribution in [0.1, 0.15) is 24.8 Å². The highest BCUT2D eigenvalue weighted by molar-refractivity contribution is 6.31. The highest BCUT2D eigenvalue weighted by atomic mass is 35.5. The van der Waals surface area contributed by atoms with E-state index >= 15 is 0 Å². The summed E-state index contributed by atoms with van der Waals surface area (Å²) in [5.41, 5.74) is 3.39. The average Bonchev–Trinajstić information content (AvgIpc) is 3.34. The maximum absolute atomic E-state index is 12.9. The molecule has 0 aliphatic carbocycles. The second kappa shape index (κ2) is 6.53. The Morgan fingerprint density at radius 3 is 2.85 bits per heavy atom. The topological polar surface area (TPSA) is 59.7 Å². The van der Waals surface area contributed by atoms with E-state index in [2.05, 4.69) is 10.1 Å². The summed E-state index contributed by atoms with van der Waals surface area (Å²) in [6, 6.07) is 7.49. The number of ether oxygens (including phenoxy) is 1. The summed E-state index contributed by atoms with van der Waals surface area (Å²) in [5, 5.41) is 4.98. The molecular formula is C20H19ClN4O2. The van der Waals surface area contributed by atoms with Gasteiger partial charge in [0.25, 0.3) is 5.91 Å². The number of fused-ring (bicyclic) bond motifs is 2. The summed E-state index contributed by atoms with van der Waals surface area (Å²) in [6.07, 6.45) is 6.84. The lowest BCUT2D eigenvalue weighted by atomic mass is 10.0. The van der Waals surface area contributed by atoms with Crippen molar-refractivity contribution in [2.75, 3.05) is 13.1 Å². The molecule has 1 amide bonds. The van der Waals surface area contributed by atoms with Gasteiger partial charge in [0.05, 0.1) is 11.9 Å². The molecule has 5 rings (SSSR count). The molecule has 27 heavy (non-hydrogen) atoms. The Morgan fingerprint density at radius 2 is 2.00 bits per heavy atom. The van der Waals surface area contributed by atoms with Crippen molar-refractivity contribution in [3.8, 4) is 17.0 Å². The molecule has 4 heterocycles. The number of benzene rings is 1. The molecule has 0 radical (unpaired) electrons. The SMILES string of the molecule is O=C(C1Cc2cc(Cl)cc(-c3ccnc4ccnn34)c2O1)N1CCCCC1. The number of hydrogen-bond donors (Lipinski definition) is 0. The first-order chi connectivity index (χ1) is 13.2. The fourth-order valence-corrected chi connectivity index (χ4v) is 4.25. The van der Waals surface area contributed by atoms with E-state index in [1.54, 1.807) is 16.9 Å². The fourth-order valence-electron chi connectivity index (χ4n) is 4.01. The molecule has 1 atom stereocenters. The first kappa shape index (κ1) is 16.6. The summed E-state index contributed by atoms with van der Waals surface area (Å²) in [5.74, 6) is 0.796. The van der Waals surface area contributed by atoms with Crippen LogP contribution in [0.2, 0.25) is 5.02 Å². The summed E-state index contributed by atoms with van der Waals surface area (Å²) in [4.78, 5) is 19.2. The van der Waals surface area contributed by atoms with Crippen LogP contribution in [0, 0.1) is 0 Å². The average molecular weight is 383 g/mol. The van der Waals surface area contributed by atoms with Gasteiger partial charge in [0.15, 0.2) is 11.8 Å². The third-order valence-corrected chi connectivity index (χ3v) is 5.52. The minimum atomic E-state index is -0.481. The molecule has 0 saturated carbocycles. The van der Waals surface area contributed by atoms with Gasteiger partial charge in [-0.3, -0.25) is 4.79 Å². The summed E-state index contributed by atoms with van der Waals surface area (Å²) >= 11 is 6.38. The second-order valence-corrected chi connectivity index (χ2v) is 7.51. The molecule has 1 unspecified atom stereocenters. The van der Waals surface area contributed by atoms with E-state index in [0.29, 0.717) is 11.4 Å². The van der Waals surface area contributed by atoms with Gasteiger partial charge in [-0.05, 0) is 37.5 Å². The smallest absolute Gasteiger partial charge is 0.263 e. The number of nitrogens with zero attached hydrogens (tertiary/aromatic N) is 4. The number of carbonyl (C=O) groups is 1. The molecule has 2 aliphatic rings. The molecule has 1 saturated heterocycles. The molecule has 2 aromatic heterocycles. The van der Waals surface area contributed by atoms with Crippen LogP contribution in [0.3, 0.4) is 0 Å². The van der Waals surface area contributed by atoms with Crippen LogP contribution in [0.4, 0.5) is 0 Å². The maximum Gasteiger partial charge on any atom is 0.263 e. The Balaban J connectivity index is 1.53. The van der Waals surface area contributed by atoms with Crippen LogP contribution in [0.15, 0.2) is 36.7 Å². The van der Waals surface area contributed by atoms with Gasteiger partial charge >= 0.3 is 0 Å². The van der Waals surface area contributed by atoms with E-state index in [0.717, 1.165) is 54.1 Å². The monoisotopic (exact) mass is 382 g/mol. The number of halogens is 1. The van der Waals surface area contributed by atoms with Crippen molar-refractivity contribution in [2.24, 2.45) is 0 Å². The highest BCUT2D eigenvalue weighted by Crippen LogP contribution is 2.41. The van der Waals surface area contributed by atoms with Crippen LogP contribution in [0.5, 0.6) is 5.75 Å². The zero-order chi connectivity index (χ0) is 18.4. The number of hydrogen-bond acceptors (Lipinski definition) is 4. The Bertz CT molecular complexity index is 1030. The van der Waals surface area contributed by atoms with E-state index in [9.17, 15) is 4.79 Å². The van der Waals surface area contributed by atoms with Crippen molar-refractivity contribution in [1.82, 2.24) is 19.5 Å². The van der Waals surface area contributed by atoms with Crippen molar-refractivity contribution < 1.29 is 9.53 Å². The van der Waals surface area contributed by atoms with Gasteiger partial charge in [-0.1, -0.05) is 11.6 Å². The predicted molar refractivity (Wildman–Crippen MR) is 102 cm³/mol. The lowest BCUT2D eigenvalue weighted by Crippen LogP contribution is -2.43. The van der Waals surface area contributed by atoms with E-state index < -0.39 is 6.10 Å². The molecule has 2 aliphatic heterocycles. The number of carbonyl (C=O) groups excluding carboxylic acids is 1. The minimum Gasteiger partial charge on any atom is -0.479 e. The minimum absolute atomic E-state index is 0.0759. The Kier molecular flexibility index (Phi) is 4.01. The molecule has 0 spiro atoms. The van der Waals surface area contributed by atoms with E-state index in [1.807, 2.05) is 29.2 Å². The molecule has 1 aromatic carbocycles. The van der Waals surface area contributed by atoms with Gasteiger partial charge in [-0.2, -0.15) is 5.10 Å². The van der Waals surface area contributed by atoms with Gasteiger partial charge in [-0.25, -0.2) is 9.50 Å². The number of likely N-dealkylation sites (tertiary alicyclic amines) is 1.